The summed E-state index contributed by atoms with van der Waals surface area (Å²) in [6.07, 6.45) is 2.60. The topological polar surface area (TPSA) is 21.8 Å². The Morgan fingerprint density at radius 1 is 1.10 bits per heavy atom. The van der Waals surface area contributed by atoms with Gasteiger partial charge in [0, 0.05) is 57.9 Å². The zero-order valence-electron chi connectivity index (χ0n) is 14.4. The van der Waals surface area contributed by atoms with Crippen LogP contribution in [0.3, 0.4) is 0 Å². The van der Waals surface area contributed by atoms with E-state index in [1.807, 2.05) is 0 Å². The van der Waals surface area contributed by atoms with E-state index in [1.165, 1.54) is 52.1 Å². The lowest BCUT2D eigenvalue weighted by molar-refractivity contribution is 0.0863. The van der Waals surface area contributed by atoms with E-state index in [0.29, 0.717) is 6.04 Å². The van der Waals surface area contributed by atoms with Gasteiger partial charge in [0.25, 0.3) is 0 Å². The van der Waals surface area contributed by atoms with Gasteiger partial charge in [-0.3, -0.25) is 9.80 Å². The summed E-state index contributed by atoms with van der Waals surface area (Å²) in [4.78, 5) is 7.58. The third-order valence-electron chi connectivity index (χ3n) is 4.17. The van der Waals surface area contributed by atoms with Gasteiger partial charge in [0.1, 0.15) is 0 Å². The van der Waals surface area contributed by atoms with E-state index in [2.05, 4.69) is 54.9 Å². The minimum absolute atomic E-state index is 0.593. The van der Waals surface area contributed by atoms with E-state index >= 15 is 0 Å². The minimum atomic E-state index is 0.593. The van der Waals surface area contributed by atoms with E-state index in [4.69, 9.17) is 0 Å². The van der Waals surface area contributed by atoms with Crippen LogP contribution in [0.1, 0.15) is 33.6 Å². The van der Waals surface area contributed by atoms with Crippen LogP contribution in [0.5, 0.6) is 0 Å². The molecule has 0 aromatic heterocycles. The Morgan fingerprint density at radius 3 is 2.25 bits per heavy atom. The lowest BCUT2D eigenvalue weighted by Crippen LogP contribution is -2.54. The lowest BCUT2D eigenvalue weighted by atomic mass is 10.1. The molecule has 0 aromatic rings. The van der Waals surface area contributed by atoms with Crippen LogP contribution in [0.2, 0.25) is 0 Å². The van der Waals surface area contributed by atoms with Gasteiger partial charge in [0.05, 0.1) is 0 Å². The standard InChI is InChI=1S/C16H36N4/c1-6-7-16(14-17-15(2)3)20-12-10-19(11-13-20)9-8-18(4)5/h15-17H,6-14H2,1-5H3. The average Bonchev–Trinajstić information content (AvgIpc) is 2.41. The molecular weight excluding hydrogens is 248 g/mol. The van der Waals surface area contributed by atoms with E-state index in [0.717, 1.165) is 12.6 Å². The van der Waals surface area contributed by atoms with Crippen LogP contribution in [0.15, 0.2) is 0 Å². The Labute approximate surface area is 126 Å². The fourth-order valence-corrected chi connectivity index (χ4v) is 2.81. The van der Waals surface area contributed by atoms with Crippen molar-refractivity contribution in [1.82, 2.24) is 20.0 Å². The molecule has 1 atom stereocenters. The van der Waals surface area contributed by atoms with Crippen molar-refractivity contribution in [1.29, 1.82) is 0 Å². The molecule has 0 amide bonds. The summed E-state index contributed by atoms with van der Waals surface area (Å²) in [5.41, 5.74) is 0. The Bertz CT molecular complexity index is 235. The number of rotatable bonds is 9. The lowest BCUT2D eigenvalue weighted by Gasteiger charge is -2.40. The molecule has 120 valence electrons. The maximum absolute atomic E-state index is 3.62. The number of likely N-dealkylation sites (N-methyl/N-ethyl adjacent to an activating group) is 1. The molecule has 4 nitrogen and oxygen atoms in total. The zero-order valence-corrected chi connectivity index (χ0v) is 14.4. The maximum atomic E-state index is 3.62. The highest BCUT2D eigenvalue weighted by Gasteiger charge is 2.23. The van der Waals surface area contributed by atoms with Crippen molar-refractivity contribution in [3.05, 3.63) is 0 Å². The predicted octanol–water partition coefficient (Wildman–Crippen LogP) is 1.33. The highest BCUT2D eigenvalue weighted by molar-refractivity contribution is 4.80. The fraction of sp³-hybridized carbons (Fsp3) is 1.00. The van der Waals surface area contributed by atoms with Crippen molar-refractivity contribution in [2.24, 2.45) is 0 Å². The average molecular weight is 284 g/mol. The molecule has 0 saturated carbocycles. The summed E-state index contributed by atoms with van der Waals surface area (Å²) in [5.74, 6) is 0. The molecule has 0 aromatic carbocycles. The summed E-state index contributed by atoms with van der Waals surface area (Å²) in [5, 5.41) is 3.62. The minimum Gasteiger partial charge on any atom is -0.313 e. The largest absolute Gasteiger partial charge is 0.313 e. The molecule has 20 heavy (non-hydrogen) atoms. The van der Waals surface area contributed by atoms with Crippen LogP contribution < -0.4 is 5.32 Å². The van der Waals surface area contributed by atoms with E-state index < -0.39 is 0 Å². The van der Waals surface area contributed by atoms with Gasteiger partial charge in [-0.15, -0.1) is 0 Å². The quantitative estimate of drug-likeness (QED) is 0.689. The number of nitrogens with zero attached hydrogens (tertiary/aromatic N) is 3. The first kappa shape index (κ1) is 17.9. The van der Waals surface area contributed by atoms with Gasteiger partial charge in [0.2, 0.25) is 0 Å². The molecule has 0 aliphatic carbocycles. The summed E-state index contributed by atoms with van der Waals surface area (Å²) in [6, 6.07) is 1.31. The fourth-order valence-electron chi connectivity index (χ4n) is 2.81. The van der Waals surface area contributed by atoms with Gasteiger partial charge in [-0.2, -0.15) is 0 Å². The summed E-state index contributed by atoms with van der Waals surface area (Å²) in [7, 11) is 4.32. The highest BCUT2D eigenvalue weighted by atomic mass is 15.3. The second kappa shape index (κ2) is 9.72. The highest BCUT2D eigenvalue weighted by Crippen LogP contribution is 2.11. The summed E-state index contributed by atoms with van der Waals surface area (Å²) >= 11 is 0. The number of piperazine rings is 1. The smallest absolute Gasteiger partial charge is 0.0221 e. The van der Waals surface area contributed by atoms with Crippen LogP contribution in [0.4, 0.5) is 0 Å². The van der Waals surface area contributed by atoms with Crippen molar-refractivity contribution in [2.75, 3.05) is 59.9 Å². The Hall–Kier alpha value is -0.160. The second-order valence-corrected chi connectivity index (χ2v) is 6.69. The van der Waals surface area contributed by atoms with Gasteiger partial charge in [0.15, 0.2) is 0 Å². The molecule has 0 radical (unpaired) electrons. The molecule has 0 spiro atoms. The van der Waals surface area contributed by atoms with Crippen LogP contribution in [-0.2, 0) is 0 Å². The molecule has 4 heteroatoms. The van der Waals surface area contributed by atoms with Gasteiger partial charge >= 0.3 is 0 Å². The molecule has 1 rings (SSSR count). The zero-order chi connectivity index (χ0) is 15.0. The molecular formula is C16H36N4. The maximum Gasteiger partial charge on any atom is 0.0221 e. The van der Waals surface area contributed by atoms with Crippen molar-refractivity contribution in [3.63, 3.8) is 0 Å². The van der Waals surface area contributed by atoms with Crippen LogP contribution >= 0.6 is 0 Å². The molecule has 1 fully saturated rings. The number of hydrogen-bond donors (Lipinski definition) is 1. The molecule has 1 aliphatic rings. The first-order valence-electron chi connectivity index (χ1n) is 8.37. The first-order chi connectivity index (χ1) is 9.52. The van der Waals surface area contributed by atoms with E-state index in [-0.39, 0.29) is 0 Å². The van der Waals surface area contributed by atoms with Crippen LogP contribution in [0.25, 0.3) is 0 Å². The Morgan fingerprint density at radius 2 is 1.75 bits per heavy atom. The SMILES string of the molecule is CCCC(CNC(C)C)N1CCN(CCN(C)C)CC1. The van der Waals surface area contributed by atoms with E-state index in [9.17, 15) is 0 Å². The van der Waals surface area contributed by atoms with Gasteiger partial charge in [-0.1, -0.05) is 27.2 Å². The van der Waals surface area contributed by atoms with Crippen LogP contribution in [0, 0.1) is 0 Å². The Balaban J connectivity index is 2.32. The molecule has 1 aliphatic heterocycles. The molecule has 1 unspecified atom stereocenters. The molecule has 1 N–H and O–H groups in total. The second-order valence-electron chi connectivity index (χ2n) is 6.69. The molecule has 0 bridgehead atoms. The van der Waals surface area contributed by atoms with Crippen molar-refractivity contribution < 1.29 is 0 Å². The number of nitrogens with one attached hydrogen (secondary N) is 1. The Kier molecular flexibility index (Phi) is 8.69. The third-order valence-corrected chi connectivity index (χ3v) is 4.17. The monoisotopic (exact) mass is 284 g/mol. The van der Waals surface area contributed by atoms with Gasteiger partial charge < -0.3 is 10.2 Å². The third kappa shape index (κ3) is 7.02. The molecule has 1 saturated heterocycles. The number of hydrogen-bond acceptors (Lipinski definition) is 4. The molecule has 1 heterocycles. The summed E-state index contributed by atoms with van der Waals surface area (Å²) in [6.45, 7) is 15.2. The van der Waals surface area contributed by atoms with Crippen molar-refractivity contribution >= 4 is 0 Å². The van der Waals surface area contributed by atoms with Gasteiger partial charge in [-0.05, 0) is 20.5 Å². The van der Waals surface area contributed by atoms with E-state index in [1.54, 1.807) is 0 Å². The first-order valence-corrected chi connectivity index (χ1v) is 8.37. The predicted molar refractivity (Wildman–Crippen MR) is 88.4 cm³/mol. The summed E-state index contributed by atoms with van der Waals surface area (Å²) < 4.78 is 0. The van der Waals surface area contributed by atoms with Crippen LogP contribution in [-0.4, -0.2) is 86.7 Å². The van der Waals surface area contributed by atoms with Crippen molar-refractivity contribution in [2.45, 2.75) is 45.7 Å². The van der Waals surface area contributed by atoms with Crippen molar-refractivity contribution in [3.8, 4) is 0 Å². The normalized spacial score (nSPS) is 19.9. The van der Waals surface area contributed by atoms with Gasteiger partial charge in [-0.25, -0.2) is 0 Å².